The second kappa shape index (κ2) is 7.25. The van der Waals surface area contributed by atoms with Crippen LogP contribution in [0.5, 0.6) is 0 Å². The van der Waals surface area contributed by atoms with E-state index in [2.05, 4.69) is 10.6 Å². The first-order chi connectivity index (χ1) is 8.89. The Kier molecular flexibility index (Phi) is 5.98. The Hall–Kier alpha value is -1.40. The van der Waals surface area contributed by atoms with Crippen molar-refractivity contribution < 1.29 is 23.5 Å². The first kappa shape index (κ1) is 15.7. The number of carboxylic acid groups (broad SMARTS) is 1. The van der Waals surface area contributed by atoms with Gasteiger partial charge in [0.2, 0.25) is 5.92 Å². The summed E-state index contributed by atoms with van der Waals surface area (Å²) in [6.45, 7) is 0.499. The molecule has 5 nitrogen and oxygen atoms in total. The number of rotatable bonds is 6. The Balaban J connectivity index is 2.11. The average molecular weight is 278 g/mol. The molecule has 1 rings (SSSR count). The third-order valence-corrected chi connectivity index (χ3v) is 3.15. The van der Waals surface area contributed by atoms with Crippen LogP contribution in [0.1, 0.15) is 38.5 Å². The molecule has 110 valence electrons. The van der Waals surface area contributed by atoms with Crippen molar-refractivity contribution in [2.45, 2.75) is 44.4 Å². The van der Waals surface area contributed by atoms with Gasteiger partial charge in [-0.15, -0.1) is 0 Å². The molecule has 0 aromatic carbocycles. The van der Waals surface area contributed by atoms with Gasteiger partial charge in [0.05, 0.1) is 0 Å². The van der Waals surface area contributed by atoms with Crippen LogP contribution in [0.15, 0.2) is 0 Å². The van der Waals surface area contributed by atoms with Gasteiger partial charge in [-0.2, -0.15) is 0 Å². The van der Waals surface area contributed by atoms with Crippen molar-refractivity contribution in [3.63, 3.8) is 0 Å². The minimum absolute atomic E-state index is 0.00483. The fourth-order valence-corrected chi connectivity index (χ4v) is 2.19. The molecule has 0 radical (unpaired) electrons. The van der Waals surface area contributed by atoms with Crippen LogP contribution in [0.25, 0.3) is 0 Å². The largest absolute Gasteiger partial charge is 0.481 e. The molecule has 2 amide bonds. The molecular formula is C12H20F2N2O3. The molecule has 19 heavy (non-hydrogen) atoms. The molecule has 0 spiro atoms. The van der Waals surface area contributed by atoms with Crippen LogP contribution in [0.4, 0.5) is 13.6 Å². The fourth-order valence-electron chi connectivity index (χ4n) is 2.19. The molecule has 0 saturated heterocycles. The number of alkyl halides is 2. The first-order valence-corrected chi connectivity index (χ1v) is 6.50. The van der Waals surface area contributed by atoms with E-state index in [1.165, 1.54) is 0 Å². The number of hydrogen-bond donors (Lipinski definition) is 3. The van der Waals surface area contributed by atoms with Crippen LogP contribution in [0, 0.1) is 5.92 Å². The number of amides is 2. The number of nitrogens with one attached hydrogen (secondary N) is 2. The van der Waals surface area contributed by atoms with Crippen molar-refractivity contribution in [1.82, 2.24) is 10.6 Å². The van der Waals surface area contributed by atoms with Crippen molar-refractivity contribution in [2.75, 3.05) is 13.1 Å². The van der Waals surface area contributed by atoms with Crippen LogP contribution in [-0.2, 0) is 4.79 Å². The van der Waals surface area contributed by atoms with Gasteiger partial charge in [0.1, 0.15) is 0 Å². The van der Waals surface area contributed by atoms with E-state index in [1.807, 2.05) is 0 Å². The number of urea groups is 1. The average Bonchev–Trinajstić information content (AvgIpc) is 2.31. The van der Waals surface area contributed by atoms with E-state index in [1.54, 1.807) is 0 Å². The topological polar surface area (TPSA) is 78.4 Å². The second-order valence-electron chi connectivity index (χ2n) is 4.95. The third-order valence-electron chi connectivity index (χ3n) is 3.15. The number of carboxylic acids is 1. The van der Waals surface area contributed by atoms with Crippen LogP contribution in [0.3, 0.4) is 0 Å². The van der Waals surface area contributed by atoms with Crippen LogP contribution in [-0.4, -0.2) is 36.1 Å². The molecule has 1 aliphatic rings. The standard InChI is InChI=1S/C12H20F2N2O3/c13-12(14)5-1-3-9(7-12)8-16-11(19)15-6-2-4-10(17)18/h9H,1-8H2,(H,17,18)(H2,15,16,19). The van der Waals surface area contributed by atoms with E-state index in [0.717, 1.165) is 0 Å². The highest BCUT2D eigenvalue weighted by molar-refractivity contribution is 5.73. The Labute approximate surface area is 110 Å². The number of aliphatic carboxylic acids is 1. The van der Waals surface area contributed by atoms with Gasteiger partial charge in [-0.05, 0) is 25.2 Å². The summed E-state index contributed by atoms with van der Waals surface area (Å²) in [7, 11) is 0. The summed E-state index contributed by atoms with van der Waals surface area (Å²) < 4.78 is 26.2. The van der Waals surface area contributed by atoms with Crippen molar-refractivity contribution in [1.29, 1.82) is 0 Å². The lowest BCUT2D eigenvalue weighted by atomic mass is 9.86. The van der Waals surface area contributed by atoms with Gasteiger partial charge in [0.15, 0.2) is 0 Å². The highest BCUT2D eigenvalue weighted by Crippen LogP contribution is 2.36. The van der Waals surface area contributed by atoms with Gasteiger partial charge in [-0.3, -0.25) is 4.79 Å². The van der Waals surface area contributed by atoms with E-state index in [4.69, 9.17) is 5.11 Å². The van der Waals surface area contributed by atoms with Crippen molar-refractivity contribution in [3.8, 4) is 0 Å². The van der Waals surface area contributed by atoms with Crippen molar-refractivity contribution >= 4 is 12.0 Å². The molecule has 1 saturated carbocycles. The second-order valence-corrected chi connectivity index (χ2v) is 4.95. The third kappa shape index (κ3) is 6.93. The summed E-state index contributed by atoms with van der Waals surface area (Å²) in [5.41, 5.74) is 0. The van der Waals surface area contributed by atoms with E-state index < -0.39 is 17.9 Å². The predicted molar refractivity (Wildman–Crippen MR) is 65.2 cm³/mol. The first-order valence-electron chi connectivity index (χ1n) is 6.50. The molecule has 0 aromatic heterocycles. The number of carbonyl (C=O) groups is 2. The van der Waals surface area contributed by atoms with Gasteiger partial charge in [0.25, 0.3) is 0 Å². The van der Waals surface area contributed by atoms with Crippen LogP contribution >= 0.6 is 0 Å². The smallest absolute Gasteiger partial charge is 0.314 e. The molecule has 3 N–H and O–H groups in total. The normalized spacial score (nSPS) is 21.7. The highest BCUT2D eigenvalue weighted by Gasteiger charge is 2.36. The number of halogens is 2. The summed E-state index contributed by atoms with van der Waals surface area (Å²) >= 11 is 0. The molecule has 1 atom stereocenters. The maximum absolute atomic E-state index is 13.1. The van der Waals surface area contributed by atoms with Gasteiger partial charge in [-0.1, -0.05) is 0 Å². The molecular weight excluding hydrogens is 258 g/mol. The van der Waals surface area contributed by atoms with Gasteiger partial charge >= 0.3 is 12.0 Å². The molecule has 0 bridgehead atoms. The Bertz CT molecular complexity index is 324. The zero-order valence-electron chi connectivity index (χ0n) is 10.8. The maximum Gasteiger partial charge on any atom is 0.314 e. The van der Waals surface area contributed by atoms with Crippen LogP contribution in [0.2, 0.25) is 0 Å². The van der Waals surface area contributed by atoms with Crippen molar-refractivity contribution in [2.24, 2.45) is 5.92 Å². The fraction of sp³-hybridized carbons (Fsp3) is 0.833. The van der Waals surface area contributed by atoms with E-state index in [-0.39, 0.29) is 38.3 Å². The lowest BCUT2D eigenvalue weighted by Crippen LogP contribution is -2.40. The summed E-state index contributed by atoms with van der Waals surface area (Å²) in [5, 5.41) is 13.4. The molecule has 1 unspecified atom stereocenters. The summed E-state index contributed by atoms with van der Waals surface area (Å²) in [6, 6.07) is -0.431. The Morgan fingerprint density at radius 3 is 2.68 bits per heavy atom. The zero-order valence-corrected chi connectivity index (χ0v) is 10.8. The maximum atomic E-state index is 13.1. The van der Waals surface area contributed by atoms with Gasteiger partial charge in [-0.25, -0.2) is 13.6 Å². The number of carbonyl (C=O) groups excluding carboxylic acids is 1. The summed E-state index contributed by atoms with van der Waals surface area (Å²) in [6.07, 6.45) is 1.30. The van der Waals surface area contributed by atoms with Gasteiger partial charge < -0.3 is 15.7 Å². The summed E-state index contributed by atoms with van der Waals surface area (Å²) in [4.78, 5) is 21.6. The summed E-state index contributed by atoms with van der Waals surface area (Å²) in [5.74, 6) is -3.71. The SMILES string of the molecule is O=C(O)CCCNC(=O)NCC1CCCC(F)(F)C1. The quantitative estimate of drug-likeness (QED) is 0.650. The lowest BCUT2D eigenvalue weighted by molar-refractivity contribution is -0.137. The minimum atomic E-state index is -2.61. The molecule has 1 aliphatic carbocycles. The Morgan fingerprint density at radius 2 is 2.05 bits per heavy atom. The monoisotopic (exact) mass is 278 g/mol. The van der Waals surface area contributed by atoms with Gasteiger partial charge in [0, 0.05) is 32.4 Å². The highest BCUT2D eigenvalue weighted by atomic mass is 19.3. The van der Waals surface area contributed by atoms with E-state index in [0.29, 0.717) is 19.3 Å². The number of hydrogen-bond acceptors (Lipinski definition) is 2. The van der Waals surface area contributed by atoms with E-state index in [9.17, 15) is 18.4 Å². The molecule has 1 fully saturated rings. The molecule has 7 heteroatoms. The van der Waals surface area contributed by atoms with Crippen LogP contribution < -0.4 is 10.6 Å². The predicted octanol–water partition coefficient (Wildman–Crippen LogP) is 1.98. The Morgan fingerprint density at radius 1 is 1.32 bits per heavy atom. The lowest BCUT2D eigenvalue weighted by Gasteiger charge is -2.28. The molecule has 0 heterocycles. The zero-order chi connectivity index (χ0) is 14.3. The van der Waals surface area contributed by atoms with Crippen molar-refractivity contribution in [3.05, 3.63) is 0 Å². The molecule has 0 aromatic rings. The molecule has 0 aliphatic heterocycles. The van der Waals surface area contributed by atoms with E-state index >= 15 is 0 Å². The minimum Gasteiger partial charge on any atom is -0.481 e.